The lowest BCUT2D eigenvalue weighted by Crippen LogP contribution is -2.31. The second-order valence-corrected chi connectivity index (χ2v) is 8.98. The van der Waals surface area contributed by atoms with Gasteiger partial charge in [-0.25, -0.2) is 8.42 Å². The van der Waals surface area contributed by atoms with Crippen molar-refractivity contribution in [2.45, 2.75) is 44.4 Å². The fourth-order valence-electron chi connectivity index (χ4n) is 3.29. The highest BCUT2D eigenvalue weighted by Crippen LogP contribution is 2.22. The summed E-state index contributed by atoms with van der Waals surface area (Å²) in [4.78, 5) is 12.8. The molecule has 2 aromatic rings. The van der Waals surface area contributed by atoms with Crippen molar-refractivity contribution in [3.63, 3.8) is 0 Å². The summed E-state index contributed by atoms with van der Waals surface area (Å²) in [7, 11) is -3.50. The maximum atomic E-state index is 12.8. The molecule has 0 saturated carbocycles. The third kappa shape index (κ3) is 4.39. The fraction of sp³-hybridized carbons (Fsp3) is 0.381. The van der Waals surface area contributed by atoms with Crippen LogP contribution in [0.2, 0.25) is 0 Å². The topological polar surface area (TPSA) is 66.5 Å². The van der Waals surface area contributed by atoms with Gasteiger partial charge < -0.3 is 5.32 Å². The molecule has 0 unspecified atom stereocenters. The van der Waals surface area contributed by atoms with E-state index in [9.17, 15) is 13.2 Å². The summed E-state index contributed by atoms with van der Waals surface area (Å²) in [6.07, 6.45) is 3.94. The average molecular weight is 387 g/mol. The zero-order valence-corrected chi connectivity index (χ0v) is 16.7. The van der Waals surface area contributed by atoms with Gasteiger partial charge in [0.2, 0.25) is 10.0 Å². The van der Waals surface area contributed by atoms with Crippen molar-refractivity contribution in [1.29, 1.82) is 0 Å². The van der Waals surface area contributed by atoms with Gasteiger partial charge in [0.05, 0.1) is 4.90 Å². The van der Waals surface area contributed by atoms with Gasteiger partial charge in [-0.05, 0) is 68.1 Å². The molecule has 0 radical (unpaired) electrons. The van der Waals surface area contributed by atoms with Crippen LogP contribution in [0.1, 0.15) is 47.2 Å². The van der Waals surface area contributed by atoms with E-state index >= 15 is 0 Å². The van der Waals surface area contributed by atoms with Crippen LogP contribution >= 0.6 is 0 Å². The van der Waals surface area contributed by atoms with Gasteiger partial charge in [0.25, 0.3) is 5.91 Å². The average Bonchev–Trinajstić information content (AvgIpc) is 2.95. The molecule has 0 bridgehead atoms. The number of sulfonamides is 1. The van der Waals surface area contributed by atoms with E-state index < -0.39 is 10.0 Å². The summed E-state index contributed by atoms with van der Waals surface area (Å²) in [5, 5.41) is 2.90. The number of hydrogen-bond donors (Lipinski definition) is 1. The molecule has 1 N–H and O–H groups in total. The standard InChI is InChI=1S/C21H26N2O3S/c1-16-8-7-9-20(17(16)2)22-21(24)18-10-12-19(13-11-18)27(25,26)23-14-5-3-4-6-15-23/h7-13H,3-6,14-15H2,1-2H3,(H,22,24). The second-order valence-electron chi connectivity index (χ2n) is 7.04. The van der Waals surface area contributed by atoms with Gasteiger partial charge in [-0.3, -0.25) is 4.79 Å². The molecule has 1 amide bonds. The number of amides is 1. The molecule has 0 atom stereocenters. The molecule has 1 aliphatic rings. The molecule has 0 aliphatic carbocycles. The Balaban J connectivity index is 1.76. The van der Waals surface area contributed by atoms with Crippen LogP contribution in [0.5, 0.6) is 0 Å². The van der Waals surface area contributed by atoms with E-state index in [-0.39, 0.29) is 10.8 Å². The van der Waals surface area contributed by atoms with E-state index in [0.717, 1.165) is 42.5 Å². The van der Waals surface area contributed by atoms with Crippen LogP contribution in [-0.4, -0.2) is 31.7 Å². The van der Waals surface area contributed by atoms with Crippen molar-refractivity contribution in [3.8, 4) is 0 Å². The molecule has 6 heteroatoms. The van der Waals surface area contributed by atoms with E-state index in [1.807, 2.05) is 32.0 Å². The maximum absolute atomic E-state index is 12.8. The van der Waals surface area contributed by atoms with Crippen LogP contribution in [0.15, 0.2) is 47.4 Å². The number of carbonyl (C=O) groups is 1. The molecule has 1 heterocycles. The molecule has 3 rings (SSSR count). The minimum Gasteiger partial charge on any atom is -0.322 e. The first kappa shape index (κ1) is 19.6. The quantitative estimate of drug-likeness (QED) is 0.859. The smallest absolute Gasteiger partial charge is 0.255 e. The van der Waals surface area contributed by atoms with Crippen LogP contribution in [0, 0.1) is 13.8 Å². The Labute approximate surface area is 161 Å². The summed E-state index contributed by atoms with van der Waals surface area (Å²) in [6.45, 7) is 5.09. The van der Waals surface area contributed by atoms with Crippen molar-refractivity contribution in [1.82, 2.24) is 4.31 Å². The number of nitrogens with zero attached hydrogens (tertiary/aromatic N) is 1. The molecule has 1 fully saturated rings. The predicted octanol–water partition coefficient (Wildman–Crippen LogP) is 4.12. The summed E-state index contributed by atoms with van der Waals surface area (Å²) in [5.74, 6) is -0.248. The predicted molar refractivity (Wildman–Crippen MR) is 108 cm³/mol. The molecular formula is C21H26N2O3S. The van der Waals surface area contributed by atoms with Crippen molar-refractivity contribution in [3.05, 3.63) is 59.2 Å². The van der Waals surface area contributed by atoms with Crippen LogP contribution in [-0.2, 0) is 10.0 Å². The SMILES string of the molecule is Cc1cccc(NC(=O)c2ccc(S(=O)(=O)N3CCCCCC3)cc2)c1C. The summed E-state index contributed by atoms with van der Waals surface area (Å²) < 4.78 is 27.2. The minimum atomic E-state index is -3.50. The van der Waals surface area contributed by atoms with E-state index in [0.29, 0.717) is 18.7 Å². The van der Waals surface area contributed by atoms with Crippen molar-refractivity contribution >= 4 is 21.6 Å². The number of rotatable bonds is 4. The van der Waals surface area contributed by atoms with E-state index in [1.165, 1.54) is 12.1 Å². The van der Waals surface area contributed by atoms with Gasteiger partial charge in [0.15, 0.2) is 0 Å². The first-order valence-corrected chi connectivity index (χ1v) is 10.8. The highest BCUT2D eigenvalue weighted by atomic mass is 32.2. The highest BCUT2D eigenvalue weighted by Gasteiger charge is 2.25. The number of anilines is 1. The summed E-state index contributed by atoms with van der Waals surface area (Å²) >= 11 is 0. The fourth-order valence-corrected chi connectivity index (χ4v) is 4.81. The summed E-state index contributed by atoms with van der Waals surface area (Å²) in [6, 6.07) is 12.0. The lowest BCUT2D eigenvalue weighted by molar-refractivity contribution is 0.102. The molecule has 27 heavy (non-hydrogen) atoms. The molecule has 1 saturated heterocycles. The monoisotopic (exact) mass is 386 g/mol. The van der Waals surface area contributed by atoms with Gasteiger partial charge in [0, 0.05) is 24.3 Å². The third-order valence-corrected chi connectivity index (χ3v) is 7.09. The Hall–Kier alpha value is -2.18. The van der Waals surface area contributed by atoms with Gasteiger partial charge in [-0.1, -0.05) is 25.0 Å². The second kappa shape index (κ2) is 8.23. The zero-order valence-electron chi connectivity index (χ0n) is 15.9. The van der Waals surface area contributed by atoms with Crippen molar-refractivity contribution in [2.24, 2.45) is 0 Å². The lowest BCUT2D eigenvalue weighted by Gasteiger charge is -2.20. The van der Waals surface area contributed by atoms with E-state index in [4.69, 9.17) is 0 Å². The van der Waals surface area contributed by atoms with Gasteiger partial charge in [-0.15, -0.1) is 0 Å². The van der Waals surface area contributed by atoms with Gasteiger partial charge in [0.1, 0.15) is 0 Å². The van der Waals surface area contributed by atoms with Crippen LogP contribution in [0.4, 0.5) is 5.69 Å². The largest absolute Gasteiger partial charge is 0.322 e. The molecule has 0 aromatic heterocycles. The van der Waals surface area contributed by atoms with Crippen LogP contribution in [0.25, 0.3) is 0 Å². The third-order valence-electron chi connectivity index (χ3n) is 5.17. The lowest BCUT2D eigenvalue weighted by atomic mass is 10.1. The highest BCUT2D eigenvalue weighted by molar-refractivity contribution is 7.89. The summed E-state index contributed by atoms with van der Waals surface area (Å²) in [5.41, 5.74) is 3.32. The van der Waals surface area contributed by atoms with Crippen LogP contribution < -0.4 is 5.32 Å². The number of benzene rings is 2. The normalized spacial score (nSPS) is 15.9. The molecule has 2 aromatic carbocycles. The number of hydrogen-bond acceptors (Lipinski definition) is 3. The number of nitrogens with one attached hydrogen (secondary N) is 1. The van der Waals surface area contributed by atoms with E-state index in [1.54, 1.807) is 16.4 Å². The Bertz CT molecular complexity index is 913. The Kier molecular flexibility index (Phi) is 5.97. The molecule has 5 nitrogen and oxygen atoms in total. The van der Waals surface area contributed by atoms with Crippen LogP contribution in [0.3, 0.4) is 0 Å². The molecule has 144 valence electrons. The minimum absolute atomic E-state index is 0.243. The Morgan fingerprint density at radius 1 is 0.926 bits per heavy atom. The Morgan fingerprint density at radius 2 is 1.56 bits per heavy atom. The molecular weight excluding hydrogens is 360 g/mol. The first-order valence-electron chi connectivity index (χ1n) is 9.37. The number of carbonyl (C=O) groups excluding carboxylic acids is 1. The Morgan fingerprint density at radius 3 is 2.19 bits per heavy atom. The zero-order chi connectivity index (χ0) is 19.4. The van der Waals surface area contributed by atoms with Crippen molar-refractivity contribution < 1.29 is 13.2 Å². The molecule has 0 spiro atoms. The molecule has 1 aliphatic heterocycles. The maximum Gasteiger partial charge on any atom is 0.255 e. The first-order chi connectivity index (χ1) is 12.9. The van der Waals surface area contributed by atoms with Gasteiger partial charge in [-0.2, -0.15) is 4.31 Å². The number of aryl methyl sites for hydroxylation is 1. The van der Waals surface area contributed by atoms with Gasteiger partial charge >= 0.3 is 0 Å². The van der Waals surface area contributed by atoms with Crippen molar-refractivity contribution in [2.75, 3.05) is 18.4 Å². The van der Waals surface area contributed by atoms with E-state index in [2.05, 4.69) is 5.32 Å².